The van der Waals surface area contributed by atoms with Crippen molar-refractivity contribution in [2.45, 2.75) is 5.41 Å². The van der Waals surface area contributed by atoms with Crippen LogP contribution in [0.15, 0.2) is 207 Å². The SMILES string of the molecule is c1ccc(-c2ncc(-c3cc(-c4ccc5c(c4)C4(c6ccccc6-c6ccccc6-5)c5ccccc5-c5c4ccc4c5sc5ccccc54)nc(-c4ccccc4)n3)cn2)cc1. The summed E-state index contributed by atoms with van der Waals surface area (Å²) in [5.74, 6) is 1.32. The summed E-state index contributed by atoms with van der Waals surface area (Å²) in [6.07, 6.45) is 3.74. The van der Waals surface area contributed by atoms with Gasteiger partial charge in [0, 0.05) is 60.4 Å². The van der Waals surface area contributed by atoms with Crippen molar-refractivity contribution >= 4 is 31.5 Å². The third kappa shape index (κ3) is 5.06. The third-order valence-corrected chi connectivity index (χ3v) is 14.1. The lowest BCUT2D eigenvalue weighted by Crippen LogP contribution is -2.29. The topological polar surface area (TPSA) is 51.6 Å². The molecule has 1 spiro atoms. The minimum absolute atomic E-state index is 0.642. The number of hydrogen-bond acceptors (Lipinski definition) is 5. The van der Waals surface area contributed by atoms with E-state index in [2.05, 4.69) is 146 Å². The first-order valence-electron chi connectivity index (χ1n) is 21.0. The van der Waals surface area contributed by atoms with E-state index < -0.39 is 5.41 Å². The van der Waals surface area contributed by atoms with E-state index in [0.29, 0.717) is 11.6 Å². The Kier molecular flexibility index (Phi) is 7.66. The third-order valence-electron chi connectivity index (χ3n) is 12.8. The van der Waals surface area contributed by atoms with Gasteiger partial charge in [-0.3, -0.25) is 0 Å². The number of nitrogens with zero attached hydrogens (tertiary/aromatic N) is 4. The van der Waals surface area contributed by atoms with Crippen molar-refractivity contribution in [3.63, 3.8) is 0 Å². The predicted molar refractivity (Wildman–Crippen MR) is 254 cm³/mol. The molecule has 0 bridgehead atoms. The molecule has 0 saturated carbocycles. The predicted octanol–water partition coefficient (Wildman–Crippen LogP) is 14.3. The van der Waals surface area contributed by atoms with Crippen molar-refractivity contribution < 1.29 is 0 Å². The molecule has 3 aromatic heterocycles. The lowest BCUT2D eigenvalue weighted by atomic mass is 9.65. The molecular formula is C57H34N4S. The fraction of sp³-hybridized carbons (Fsp3) is 0.0175. The molecule has 13 rings (SSSR count). The van der Waals surface area contributed by atoms with Gasteiger partial charge < -0.3 is 0 Å². The van der Waals surface area contributed by atoms with E-state index in [1.165, 1.54) is 75.8 Å². The van der Waals surface area contributed by atoms with E-state index in [1.54, 1.807) is 0 Å². The van der Waals surface area contributed by atoms with Crippen molar-refractivity contribution in [3.05, 3.63) is 229 Å². The van der Waals surface area contributed by atoms with Crippen LogP contribution in [0, 0.1) is 0 Å². The number of fused-ring (bicyclic) bond motifs is 16. The molecule has 0 saturated heterocycles. The maximum atomic E-state index is 5.34. The Morgan fingerprint density at radius 1 is 0.355 bits per heavy atom. The van der Waals surface area contributed by atoms with Crippen LogP contribution in [0.4, 0.5) is 0 Å². The van der Waals surface area contributed by atoms with Gasteiger partial charge in [0.25, 0.3) is 0 Å². The smallest absolute Gasteiger partial charge is 0.160 e. The number of rotatable bonds is 4. The summed E-state index contributed by atoms with van der Waals surface area (Å²) in [6.45, 7) is 0. The maximum absolute atomic E-state index is 5.34. The molecule has 0 N–H and O–H groups in total. The van der Waals surface area contributed by atoms with Gasteiger partial charge in [-0.1, -0.05) is 176 Å². The second-order valence-electron chi connectivity index (χ2n) is 16.1. The lowest BCUT2D eigenvalue weighted by molar-refractivity contribution is 0.776. The monoisotopic (exact) mass is 806 g/mol. The molecule has 288 valence electrons. The molecule has 5 heteroatoms. The minimum Gasteiger partial charge on any atom is -0.236 e. The number of aromatic nitrogens is 4. The molecule has 0 radical (unpaired) electrons. The van der Waals surface area contributed by atoms with Crippen molar-refractivity contribution in [1.82, 2.24) is 19.9 Å². The highest BCUT2D eigenvalue weighted by molar-refractivity contribution is 7.26. The molecule has 11 aromatic rings. The molecule has 1 atom stereocenters. The van der Waals surface area contributed by atoms with E-state index in [4.69, 9.17) is 19.9 Å². The molecule has 4 nitrogen and oxygen atoms in total. The van der Waals surface area contributed by atoms with E-state index in [9.17, 15) is 0 Å². The van der Waals surface area contributed by atoms with Crippen LogP contribution in [0.5, 0.6) is 0 Å². The fourth-order valence-electron chi connectivity index (χ4n) is 10.2. The number of thiophene rings is 1. The Bertz CT molecular complexity index is 3580. The second kappa shape index (κ2) is 13.6. The first kappa shape index (κ1) is 34.9. The highest BCUT2D eigenvalue weighted by Crippen LogP contribution is 2.63. The Labute approximate surface area is 362 Å². The van der Waals surface area contributed by atoms with Crippen LogP contribution in [-0.4, -0.2) is 19.9 Å². The molecule has 8 aromatic carbocycles. The van der Waals surface area contributed by atoms with E-state index in [1.807, 2.05) is 72.3 Å². The summed E-state index contributed by atoms with van der Waals surface area (Å²) in [5.41, 5.74) is 17.3. The van der Waals surface area contributed by atoms with E-state index in [-0.39, 0.29) is 0 Å². The molecular weight excluding hydrogens is 773 g/mol. The molecule has 0 fully saturated rings. The van der Waals surface area contributed by atoms with E-state index in [0.717, 1.165) is 33.6 Å². The van der Waals surface area contributed by atoms with Gasteiger partial charge in [-0.05, 0) is 68.3 Å². The highest BCUT2D eigenvalue weighted by Gasteiger charge is 2.50. The lowest BCUT2D eigenvalue weighted by Gasteiger charge is -2.35. The zero-order valence-corrected chi connectivity index (χ0v) is 34.1. The Morgan fingerprint density at radius 2 is 0.919 bits per heavy atom. The zero-order valence-electron chi connectivity index (χ0n) is 33.3. The minimum atomic E-state index is -0.642. The van der Waals surface area contributed by atoms with Crippen LogP contribution in [0.3, 0.4) is 0 Å². The standard InChI is InChI=1S/C57H34N4S/c1-3-15-35(16-4-1)55-58-33-38(34-59-55)51-32-50(60-56(61-51)36-17-5-2-6-18-36)37-27-28-42-40-20-8-7-19-39(40)41-21-9-12-24-46(41)57(49(42)31-37)47-25-13-10-23-45(47)53-48(57)30-29-44-43-22-11-14-26-52(43)62-54(44)53/h1-34H. The van der Waals surface area contributed by atoms with Gasteiger partial charge in [0.1, 0.15) is 0 Å². The van der Waals surface area contributed by atoms with Crippen LogP contribution >= 0.6 is 11.3 Å². The second-order valence-corrected chi connectivity index (χ2v) is 17.2. The average Bonchev–Trinajstić information content (AvgIpc) is 3.85. The van der Waals surface area contributed by atoms with Gasteiger partial charge in [-0.25, -0.2) is 19.9 Å². The summed E-state index contributed by atoms with van der Waals surface area (Å²) in [6, 6.07) is 70.1. The Hall–Kier alpha value is -7.86. The summed E-state index contributed by atoms with van der Waals surface area (Å²) >= 11 is 1.90. The maximum Gasteiger partial charge on any atom is 0.160 e. The van der Waals surface area contributed by atoms with Crippen molar-refractivity contribution in [3.8, 4) is 78.7 Å². The Morgan fingerprint density at radius 3 is 1.65 bits per heavy atom. The molecule has 2 aliphatic carbocycles. The molecule has 62 heavy (non-hydrogen) atoms. The Balaban J connectivity index is 1.10. The first-order chi connectivity index (χ1) is 30.7. The summed E-state index contributed by atoms with van der Waals surface area (Å²) in [5, 5.41) is 2.61. The van der Waals surface area contributed by atoms with Crippen molar-refractivity contribution in [1.29, 1.82) is 0 Å². The zero-order chi connectivity index (χ0) is 40.8. The largest absolute Gasteiger partial charge is 0.236 e. The van der Waals surface area contributed by atoms with Crippen LogP contribution in [-0.2, 0) is 5.41 Å². The van der Waals surface area contributed by atoms with E-state index >= 15 is 0 Å². The van der Waals surface area contributed by atoms with Gasteiger partial charge in [-0.15, -0.1) is 11.3 Å². The molecule has 0 aliphatic heterocycles. The van der Waals surface area contributed by atoms with Crippen LogP contribution in [0.25, 0.3) is 98.8 Å². The van der Waals surface area contributed by atoms with Gasteiger partial charge in [0.2, 0.25) is 0 Å². The molecule has 2 aliphatic rings. The highest BCUT2D eigenvalue weighted by atomic mass is 32.1. The van der Waals surface area contributed by atoms with Gasteiger partial charge in [0.05, 0.1) is 16.8 Å². The van der Waals surface area contributed by atoms with Crippen molar-refractivity contribution in [2.75, 3.05) is 0 Å². The van der Waals surface area contributed by atoms with Crippen LogP contribution < -0.4 is 0 Å². The molecule has 0 amide bonds. The average molecular weight is 807 g/mol. The molecule has 1 unspecified atom stereocenters. The molecule has 3 heterocycles. The normalized spacial score (nSPS) is 14.5. The van der Waals surface area contributed by atoms with Gasteiger partial charge in [-0.2, -0.15) is 0 Å². The van der Waals surface area contributed by atoms with Crippen LogP contribution in [0.1, 0.15) is 22.3 Å². The van der Waals surface area contributed by atoms with Gasteiger partial charge >= 0.3 is 0 Å². The summed E-state index contributed by atoms with van der Waals surface area (Å²) < 4.78 is 2.64. The summed E-state index contributed by atoms with van der Waals surface area (Å²) in [7, 11) is 0. The summed E-state index contributed by atoms with van der Waals surface area (Å²) in [4.78, 5) is 20.1. The van der Waals surface area contributed by atoms with Crippen LogP contribution in [0.2, 0.25) is 0 Å². The number of benzene rings is 8. The number of hydrogen-bond donors (Lipinski definition) is 0. The van der Waals surface area contributed by atoms with Gasteiger partial charge in [0.15, 0.2) is 11.6 Å². The first-order valence-corrected chi connectivity index (χ1v) is 21.8. The van der Waals surface area contributed by atoms with Crippen molar-refractivity contribution in [2.24, 2.45) is 0 Å². The fourth-order valence-corrected chi connectivity index (χ4v) is 11.4. The quantitative estimate of drug-likeness (QED) is 0.178.